The van der Waals surface area contributed by atoms with E-state index >= 15 is 0 Å². The molecule has 1 saturated heterocycles. The molecule has 0 spiro atoms. The van der Waals surface area contributed by atoms with Gasteiger partial charge in [-0.15, -0.1) is 11.3 Å². The number of thiazole rings is 1. The second kappa shape index (κ2) is 7.71. The predicted molar refractivity (Wildman–Crippen MR) is 117 cm³/mol. The van der Waals surface area contributed by atoms with Gasteiger partial charge in [0.25, 0.3) is 0 Å². The molecule has 30 heavy (non-hydrogen) atoms. The Labute approximate surface area is 178 Å². The molecular formula is C21H24N6O2S. The number of carbonyl (C=O) groups is 1. The van der Waals surface area contributed by atoms with Crippen molar-refractivity contribution in [3.63, 3.8) is 0 Å². The fourth-order valence-electron chi connectivity index (χ4n) is 3.82. The summed E-state index contributed by atoms with van der Waals surface area (Å²) in [5.41, 5.74) is 2.74. The SMILES string of the molecule is CN(C)c1nccc(N2CC(NC(=O)[C@H]3C[C@H](Oc4cccc5scnc45)C3)C2)n1. The van der Waals surface area contributed by atoms with Gasteiger partial charge in [0.2, 0.25) is 11.9 Å². The Bertz CT molecular complexity index is 1060. The van der Waals surface area contributed by atoms with Crippen LogP contribution in [0, 0.1) is 5.92 Å². The maximum atomic E-state index is 12.6. The molecule has 1 N–H and O–H groups in total. The number of hydrogen-bond acceptors (Lipinski definition) is 8. The quantitative estimate of drug-likeness (QED) is 0.650. The molecular weight excluding hydrogens is 400 g/mol. The molecule has 1 saturated carbocycles. The Balaban J connectivity index is 1.08. The highest BCUT2D eigenvalue weighted by Gasteiger charge is 2.39. The molecule has 8 nitrogen and oxygen atoms in total. The van der Waals surface area contributed by atoms with Crippen molar-refractivity contribution >= 4 is 39.2 Å². The highest BCUT2D eigenvalue weighted by molar-refractivity contribution is 7.16. The van der Waals surface area contributed by atoms with Crippen LogP contribution in [-0.2, 0) is 4.79 Å². The van der Waals surface area contributed by atoms with Crippen LogP contribution < -0.4 is 19.9 Å². The molecule has 1 aliphatic heterocycles. The van der Waals surface area contributed by atoms with Gasteiger partial charge in [0.05, 0.1) is 16.3 Å². The maximum Gasteiger partial charge on any atom is 0.226 e. The number of carbonyl (C=O) groups excluding carboxylic acids is 1. The van der Waals surface area contributed by atoms with Crippen LogP contribution in [0.3, 0.4) is 0 Å². The third-order valence-corrected chi connectivity index (χ3v) is 6.46. The van der Waals surface area contributed by atoms with Crippen LogP contribution in [0.5, 0.6) is 5.75 Å². The normalized spacial score (nSPS) is 21.1. The van der Waals surface area contributed by atoms with Gasteiger partial charge in [-0.25, -0.2) is 9.97 Å². The number of ether oxygens (including phenoxy) is 1. The molecule has 156 valence electrons. The van der Waals surface area contributed by atoms with Crippen molar-refractivity contribution in [1.82, 2.24) is 20.3 Å². The van der Waals surface area contributed by atoms with Crippen LogP contribution >= 0.6 is 11.3 Å². The second-order valence-electron chi connectivity index (χ2n) is 8.08. The molecule has 2 fully saturated rings. The van der Waals surface area contributed by atoms with Crippen molar-refractivity contribution in [3.8, 4) is 5.75 Å². The summed E-state index contributed by atoms with van der Waals surface area (Å²) in [4.78, 5) is 29.8. The van der Waals surface area contributed by atoms with E-state index in [1.165, 1.54) is 0 Å². The number of aromatic nitrogens is 3. The van der Waals surface area contributed by atoms with Gasteiger partial charge in [0.1, 0.15) is 23.2 Å². The molecule has 0 unspecified atom stereocenters. The van der Waals surface area contributed by atoms with Gasteiger partial charge >= 0.3 is 0 Å². The first-order chi connectivity index (χ1) is 14.6. The lowest BCUT2D eigenvalue weighted by Crippen LogP contribution is -2.61. The van der Waals surface area contributed by atoms with Crippen molar-refractivity contribution in [1.29, 1.82) is 0 Å². The highest BCUT2D eigenvalue weighted by Crippen LogP contribution is 2.35. The lowest BCUT2D eigenvalue weighted by atomic mass is 9.81. The van der Waals surface area contributed by atoms with Crippen molar-refractivity contribution in [2.75, 3.05) is 37.0 Å². The van der Waals surface area contributed by atoms with Crippen molar-refractivity contribution in [2.24, 2.45) is 5.92 Å². The molecule has 0 radical (unpaired) electrons. The van der Waals surface area contributed by atoms with Gasteiger partial charge in [-0.3, -0.25) is 4.79 Å². The first-order valence-corrected chi connectivity index (χ1v) is 11.0. The zero-order valence-corrected chi connectivity index (χ0v) is 17.8. The summed E-state index contributed by atoms with van der Waals surface area (Å²) in [6.07, 6.45) is 3.35. The number of anilines is 2. The van der Waals surface area contributed by atoms with Gasteiger partial charge in [-0.1, -0.05) is 6.07 Å². The Morgan fingerprint density at radius 2 is 2.07 bits per heavy atom. The minimum absolute atomic E-state index is 0.0260. The summed E-state index contributed by atoms with van der Waals surface area (Å²) in [5, 5.41) is 3.16. The summed E-state index contributed by atoms with van der Waals surface area (Å²) in [6.45, 7) is 1.54. The molecule has 1 amide bonds. The first-order valence-electron chi connectivity index (χ1n) is 10.1. The van der Waals surface area contributed by atoms with E-state index in [1.807, 2.05) is 48.8 Å². The van der Waals surface area contributed by atoms with Crippen LogP contribution in [0.1, 0.15) is 12.8 Å². The molecule has 1 aromatic carbocycles. The smallest absolute Gasteiger partial charge is 0.226 e. The summed E-state index contributed by atoms with van der Waals surface area (Å²) >= 11 is 1.61. The molecule has 3 aromatic rings. The van der Waals surface area contributed by atoms with E-state index in [2.05, 4.69) is 25.2 Å². The lowest BCUT2D eigenvalue weighted by Gasteiger charge is -2.42. The summed E-state index contributed by atoms with van der Waals surface area (Å²) < 4.78 is 7.21. The average molecular weight is 425 g/mol. The number of hydrogen-bond donors (Lipinski definition) is 1. The number of benzene rings is 1. The minimum atomic E-state index is 0.0260. The van der Waals surface area contributed by atoms with Gasteiger partial charge < -0.3 is 19.9 Å². The summed E-state index contributed by atoms with van der Waals surface area (Å²) in [6, 6.07) is 8.05. The first kappa shape index (κ1) is 19.0. The molecule has 1 aliphatic carbocycles. The van der Waals surface area contributed by atoms with Crippen LogP contribution in [0.15, 0.2) is 36.0 Å². The monoisotopic (exact) mass is 424 g/mol. The fourth-order valence-corrected chi connectivity index (χ4v) is 4.51. The second-order valence-corrected chi connectivity index (χ2v) is 8.97. The molecule has 3 heterocycles. The van der Waals surface area contributed by atoms with Crippen LogP contribution in [0.25, 0.3) is 10.2 Å². The van der Waals surface area contributed by atoms with Crippen LogP contribution in [-0.4, -0.2) is 60.2 Å². The number of para-hydroxylation sites is 1. The summed E-state index contributed by atoms with van der Waals surface area (Å²) in [7, 11) is 3.84. The van der Waals surface area contributed by atoms with E-state index in [9.17, 15) is 4.79 Å². The standard InChI is InChI=1S/C21H24N6O2S/c1-26(2)21-22-7-6-18(25-21)27-10-14(11-27)24-20(28)13-8-15(9-13)29-16-4-3-5-17-19(16)23-12-30-17/h3-7,12-15H,8-11H2,1-2H3,(H,24,28)/t13-,15-. The van der Waals surface area contributed by atoms with E-state index < -0.39 is 0 Å². The maximum absolute atomic E-state index is 12.6. The number of nitrogens with one attached hydrogen (secondary N) is 1. The topological polar surface area (TPSA) is 83.5 Å². The van der Waals surface area contributed by atoms with E-state index in [0.717, 1.165) is 47.7 Å². The lowest BCUT2D eigenvalue weighted by molar-refractivity contribution is -0.131. The minimum Gasteiger partial charge on any atom is -0.488 e. The van der Waals surface area contributed by atoms with Crippen molar-refractivity contribution < 1.29 is 9.53 Å². The van der Waals surface area contributed by atoms with Crippen LogP contribution in [0.2, 0.25) is 0 Å². The Morgan fingerprint density at radius 1 is 1.23 bits per heavy atom. The molecule has 0 bridgehead atoms. The molecule has 0 atom stereocenters. The highest BCUT2D eigenvalue weighted by atomic mass is 32.1. The van der Waals surface area contributed by atoms with E-state index in [0.29, 0.717) is 5.95 Å². The van der Waals surface area contributed by atoms with Gasteiger partial charge in [0, 0.05) is 39.3 Å². The zero-order chi connectivity index (χ0) is 20.7. The van der Waals surface area contributed by atoms with E-state index in [-0.39, 0.29) is 24.0 Å². The molecule has 2 aromatic heterocycles. The molecule has 5 rings (SSSR count). The van der Waals surface area contributed by atoms with Gasteiger partial charge in [-0.05, 0) is 31.0 Å². The Hall–Kier alpha value is -2.94. The Morgan fingerprint density at radius 3 is 2.87 bits per heavy atom. The molecule has 9 heteroatoms. The number of rotatable bonds is 6. The fraction of sp³-hybridized carbons (Fsp3) is 0.429. The number of fused-ring (bicyclic) bond motifs is 1. The zero-order valence-electron chi connectivity index (χ0n) is 17.0. The van der Waals surface area contributed by atoms with E-state index in [4.69, 9.17) is 4.74 Å². The van der Waals surface area contributed by atoms with Gasteiger partial charge in [0.15, 0.2) is 0 Å². The predicted octanol–water partition coefficient (Wildman–Crippen LogP) is 2.31. The van der Waals surface area contributed by atoms with Crippen molar-refractivity contribution in [2.45, 2.75) is 25.0 Å². The summed E-state index contributed by atoms with van der Waals surface area (Å²) in [5.74, 6) is 2.55. The van der Waals surface area contributed by atoms with Gasteiger partial charge in [-0.2, -0.15) is 4.98 Å². The van der Waals surface area contributed by atoms with E-state index in [1.54, 1.807) is 17.5 Å². The molecule has 2 aliphatic rings. The third-order valence-electron chi connectivity index (χ3n) is 5.66. The average Bonchev–Trinajstić information content (AvgIpc) is 3.16. The number of nitrogens with zero attached hydrogens (tertiary/aromatic N) is 5. The third kappa shape index (κ3) is 3.65. The number of amides is 1. The van der Waals surface area contributed by atoms with Crippen molar-refractivity contribution in [3.05, 3.63) is 36.0 Å². The Kier molecular flexibility index (Phi) is 4.90. The largest absolute Gasteiger partial charge is 0.488 e. The van der Waals surface area contributed by atoms with Crippen LogP contribution in [0.4, 0.5) is 11.8 Å².